The van der Waals surface area contributed by atoms with E-state index in [0.717, 1.165) is 25.7 Å². The average Bonchev–Trinajstić information content (AvgIpc) is 2.42. The number of phenolic OH excluding ortho intramolecular Hbond substituents is 1. The quantitative estimate of drug-likeness (QED) is 0.721. The van der Waals surface area contributed by atoms with E-state index < -0.39 is 0 Å². The fourth-order valence-electron chi connectivity index (χ4n) is 2.91. The molecule has 0 aliphatic heterocycles. The molecule has 21 heavy (non-hydrogen) atoms. The Hall–Kier alpha value is -1.55. The van der Waals surface area contributed by atoms with Crippen LogP contribution in [-0.2, 0) is 11.2 Å². The number of benzene rings is 1. The molecule has 1 aromatic carbocycles. The number of aryl methyl sites for hydroxylation is 1. The van der Waals surface area contributed by atoms with Crippen molar-refractivity contribution in [2.45, 2.75) is 51.5 Å². The molecular weight excluding hydrogens is 264 g/mol. The molecule has 4 heteroatoms. The van der Waals surface area contributed by atoms with Gasteiger partial charge in [-0.1, -0.05) is 18.6 Å². The number of rotatable bonds is 7. The topological polar surface area (TPSA) is 75.3 Å². The first kappa shape index (κ1) is 15.8. The minimum absolute atomic E-state index is 0.0702. The Morgan fingerprint density at radius 1 is 1.38 bits per heavy atom. The molecule has 1 aliphatic rings. The van der Waals surface area contributed by atoms with Gasteiger partial charge in [0.15, 0.2) is 0 Å². The molecule has 0 bridgehead atoms. The maximum absolute atomic E-state index is 12.1. The van der Waals surface area contributed by atoms with Crippen molar-refractivity contribution < 1.29 is 9.90 Å². The fourth-order valence-corrected chi connectivity index (χ4v) is 2.91. The second kappa shape index (κ2) is 6.94. The Balaban J connectivity index is 1.72. The number of carbonyl (C=O) groups excluding carboxylic acids is 1. The number of hydrogen-bond donors (Lipinski definition) is 3. The van der Waals surface area contributed by atoms with E-state index >= 15 is 0 Å². The number of phenols is 1. The molecule has 1 atom stereocenters. The molecule has 1 fully saturated rings. The molecule has 1 aliphatic carbocycles. The summed E-state index contributed by atoms with van der Waals surface area (Å²) in [7, 11) is 0. The zero-order valence-electron chi connectivity index (χ0n) is 12.8. The van der Waals surface area contributed by atoms with Gasteiger partial charge in [0.2, 0.25) is 5.91 Å². The van der Waals surface area contributed by atoms with Gasteiger partial charge in [0, 0.05) is 12.5 Å². The molecule has 0 aromatic heterocycles. The highest BCUT2D eigenvalue weighted by molar-refractivity contribution is 5.77. The molecule has 0 radical (unpaired) electrons. The van der Waals surface area contributed by atoms with E-state index in [-0.39, 0.29) is 23.1 Å². The summed E-state index contributed by atoms with van der Waals surface area (Å²) < 4.78 is 0. The van der Waals surface area contributed by atoms with Gasteiger partial charge in [-0.2, -0.15) is 0 Å². The normalized spacial score (nSPS) is 17.8. The van der Waals surface area contributed by atoms with Crippen molar-refractivity contribution in [2.75, 3.05) is 6.54 Å². The fraction of sp³-hybridized carbons (Fsp3) is 0.588. The molecule has 2 rings (SSSR count). The van der Waals surface area contributed by atoms with Gasteiger partial charge in [0.05, 0.1) is 0 Å². The smallest absolute Gasteiger partial charge is 0.220 e. The lowest BCUT2D eigenvalue weighted by Crippen LogP contribution is -2.43. The van der Waals surface area contributed by atoms with Crippen molar-refractivity contribution in [3.05, 3.63) is 29.8 Å². The van der Waals surface area contributed by atoms with Crippen LogP contribution >= 0.6 is 0 Å². The summed E-state index contributed by atoms with van der Waals surface area (Å²) in [4.78, 5) is 12.1. The summed E-state index contributed by atoms with van der Waals surface area (Å²) in [6.45, 7) is 2.65. The average molecular weight is 290 g/mol. The lowest BCUT2D eigenvalue weighted by atomic mass is 9.66. The van der Waals surface area contributed by atoms with Gasteiger partial charge in [-0.15, -0.1) is 0 Å². The van der Waals surface area contributed by atoms with Crippen LogP contribution in [0.5, 0.6) is 5.75 Å². The highest BCUT2D eigenvalue weighted by Crippen LogP contribution is 2.42. The van der Waals surface area contributed by atoms with E-state index in [9.17, 15) is 9.90 Å². The van der Waals surface area contributed by atoms with Gasteiger partial charge in [0.25, 0.3) is 0 Å². The summed E-state index contributed by atoms with van der Waals surface area (Å²) in [5.41, 5.74) is 7.04. The van der Waals surface area contributed by atoms with E-state index in [1.807, 2.05) is 19.1 Å². The van der Waals surface area contributed by atoms with Crippen LogP contribution in [-0.4, -0.2) is 23.6 Å². The van der Waals surface area contributed by atoms with Crippen molar-refractivity contribution in [1.29, 1.82) is 0 Å². The Kier molecular flexibility index (Phi) is 5.23. The van der Waals surface area contributed by atoms with Crippen LogP contribution in [0.1, 0.15) is 44.6 Å². The molecule has 1 aromatic rings. The molecule has 0 saturated heterocycles. The standard InChI is InChI=1S/C17H26N2O2/c1-13(3-4-14-5-7-15(20)8-6-14)19-16(21)11-17(12-18)9-2-10-17/h5-8,13,20H,2-4,9-12,18H2,1H3,(H,19,21). The van der Waals surface area contributed by atoms with Crippen LogP contribution in [0.4, 0.5) is 0 Å². The van der Waals surface area contributed by atoms with Gasteiger partial charge in [-0.05, 0) is 62.3 Å². The van der Waals surface area contributed by atoms with E-state index in [4.69, 9.17) is 5.73 Å². The first-order valence-electron chi connectivity index (χ1n) is 7.80. The maximum Gasteiger partial charge on any atom is 0.220 e. The van der Waals surface area contributed by atoms with Gasteiger partial charge in [-0.25, -0.2) is 0 Å². The van der Waals surface area contributed by atoms with Crippen LogP contribution in [0.3, 0.4) is 0 Å². The highest BCUT2D eigenvalue weighted by atomic mass is 16.3. The van der Waals surface area contributed by atoms with E-state index in [0.29, 0.717) is 13.0 Å². The van der Waals surface area contributed by atoms with Gasteiger partial charge < -0.3 is 16.2 Å². The van der Waals surface area contributed by atoms with Crippen LogP contribution in [0.15, 0.2) is 24.3 Å². The predicted molar refractivity (Wildman–Crippen MR) is 84.0 cm³/mol. The third kappa shape index (κ3) is 4.46. The summed E-state index contributed by atoms with van der Waals surface area (Å²) in [6, 6.07) is 7.38. The van der Waals surface area contributed by atoms with E-state index in [1.165, 1.54) is 12.0 Å². The monoisotopic (exact) mass is 290 g/mol. The number of nitrogens with two attached hydrogens (primary N) is 1. The zero-order valence-corrected chi connectivity index (χ0v) is 12.8. The first-order valence-corrected chi connectivity index (χ1v) is 7.80. The number of hydrogen-bond acceptors (Lipinski definition) is 3. The largest absolute Gasteiger partial charge is 0.508 e. The molecule has 1 amide bonds. The van der Waals surface area contributed by atoms with Crippen molar-refractivity contribution in [3.8, 4) is 5.75 Å². The van der Waals surface area contributed by atoms with Gasteiger partial charge in [-0.3, -0.25) is 4.79 Å². The molecule has 0 spiro atoms. The molecule has 0 heterocycles. The first-order chi connectivity index (χ1) is 10.0. The Bertz CT molecular complexity index is 461. The summed E-state index contributed by atoms with van der Waals surface area (Å²) >= 11 is 0. The van der Waals surface area contributed by atoms with Crippen molar-refractivity contribution in [1.82, 2.24) is 5.32 Å². The SMILES string of the molecule is CC(CCc1ccc(O)cc1)NC(=O)CC1(CN)CCC1. The third-order valence-corrected chi connectivity index (χ3v) is 4.59. The van der Waals surface area contributed by atoms with Crippen LogP contribution in [0.2, 0.25) is 0 Å². The summed E-state index contributed by atoms with van der Waals surface area (Å²) in [5.74, 6) is 0.408. The number of aromatic hydroxyl groups is 1. The van der Waals surface area contributed by atoms with Crippen molar-refractivity contribution in [2.24, 2.45) is 11.1 Å². The number of carbonyl (C=O) groups is 1. The number of amides is 1. The molecule has 4 N–H and O–H groups in total. The molecular formula is C17H26N2O2. The van der Waals surface area contributed by atoms with Gasteiger partial charge in [0.1, 0.15) is 5.75 Å². The molecule has 116 valence electrons. The summed E-state index contributed by atoms with van der Waals surface area (Å²) in [6.07, 6.45) is 5.71. The Labute approximate surface area is 126 Å². The van der Waals surface area contributed by atoms with Crippen LogP contribution in [0, 0.1) is 5.41 Å². The van der Waals surface area contributed by atoms with Crippen molar-refractivity contribution in [3.63, 3.8) is 0 Å². The lowest BCUT2D eigenvalue weighted by Gasteiger charge is -2.40. The molecule has 1 unspecified atom stereocenters. The third-order valence-electron chi connectivity index (χ3n) is 4.59. The number of nitrogens with one attached hydrogen (secondary N) is 1. The van der Waals surface area contributed by atoms with E-state index in [2.05, 4.69) is 5.32 Å². The summed E-state index contributed by atoms with van der Waals surface area (Å²) in [5, 5.41) is 12.3. The second-order valence-electron chi connectivity index (χ2n) is 6.41. The molecule has 4 nitrogen and oxygen atoms in total. The second-order valence-corrected chi connectivity index (χ2v) is 6.41. The minimum Gasteiger partial charge on any atom is -0.508 e. The van der Waals surface area contributed by atoms with Crippen LogP contribution in [0.25, 0.3) is 0 Å². The van der Waals surface area contributed by atoms with Gasteiger partial charge >= 0.3 is 0 Å². The minimum atomic E-state index is 0.0702. The van der Waals surface area contributed by atoms with Crippen LogP contribution < -0.4 is 11.1 Å². The van der Waals surface area contributed by atoms with E-state index in [1.54, 1.807) is 12.1 Å². The maximum atomic E-state index is 12.1. The Morgan fingerprint density at radius 3 is 2.57 bits per heavy atom. The van der Waals surface area contributed by atoms with Crippen molar-refractivity contribution >= 4 is 5.91 Å². The predicted octanol–water partition coefficient (Wildman–Crippen LogP) is 2.35. The Morgan fingerprint density at radius 2 is 2.05 bits per heavy atom. The zero-order chi connectivity index (χ0) is 15.3. The molecule has 1 saturated carbocycles. The lowest BCUT2D eigenvalue weighted by molar-refractivity contribution is -0.125. The highest BCUT2D eigenvalue weighted by Gasteiger charge is 2.37.